The molecule has 0 rings (SSSR count). The fraction of sp³-hybridized carbons (Fsp3) is 0.429. The highest BCUT2D eigenvalue weighted by atomic mass is 13.6. The molecule has 0 nitrogen and oxygen atoms in total. The summed E-state index contributed by atoms with van der Waals surface area (Å²) in [6, 6.07) is 0. The molecule has 0 atom stereocenters. The van der Waals surface area contributed by atoms with E-state index in [9.17, 15) is 0 Å². The van der Waals surface area contributed by atoms with Crippen molar-refractivity contribution in [2.45, 2.75) is 41.5 Å². The SMILES string of the molecule is C=C.C=C(C)C.C=CC=C.CC.CC. The van der Waals surface area contributed by atoms with Crippen molar-refractivity contribution in [1.29, 1.82) is 0 Å². The van der Waals surface area contributed by atoms with Crippen molar-refractivity contribution in [3.05, 3.63) is 50.6 Å². The van der Waals surface area contributed by atoms with Crippen LogP contribution in [-0.4, -0.2) is 0 Å². The van der Waals surface area contributed by atoms with Crippen molar-refractivity contribution in [2.75, 3.05) is 0 Å². The third-order valence-corrected chi connectivity index (χ3v) is 0.167. The fourth-order valence-corrected chi connectivity index (χ4v) is 0. The van der Waals surface area contributed by atoms with Crippen molar-refractivity contribution < 1.29 is 0 Å². The topological polar surface area (TPSA) is 0 Å². The van der Waals surface area contributed by atoms with E-state index in [1.165, 1.54) is 5.57 Å². The van der Waals surface area contributed by atoms with Gasteiger partial charge < -0.3 is 0 Å². The van der Waals surface area contributed by atoms with Gasteiger partial charge in [-0.05, 0) is 13.8 Å². The third-order valence-electron chi connectivity index (χ3n) is 0.167. The highest BCUT2D eigenvalue weighted by Gasteiger charge is 1.51. The van der Waals surface area contributed by atoms with E-state index in [-0.39, 0.29) is 0 Å². The first-order chi connectivity index (χ1) is 6.65. The molecule has 0 aliphatic carbocycles. The molecule has 0 saturated carbocycles. The molecule has 0 spiro atoms. The van der Waals surface area contributed by atoms with Crippen LogP contribution in [-0.2, 0) is 0 Å². The second-order valence-electron chi connectivity index (χ2n) is 1.68. The van der Waals surface area contributed by atoms with E-state index < -0.39 is 0 Å². The maximum atomic E-state index is 3.56. The highest BCUT2D eigenvalue weighted by Crippen LogP contribution is 1.73. The first kappa shape index (κ1) is 29.3. The van der Waals surface area contributed by atoms with E-state index in [1.807, 2.05) is 41.5 Å². The highest BCUT2D eigenvalue weighted by molar-refractivity contribution is 4.88. The lowest BCUT2D eigenvalue weighted by atomic mass is 10.4. The fourth-order valence-electron chi connectivity index (χ4n) is 0. The molecule has 0 amide bonds. The Morgan fingerprint density at radius 1 is 0.786 bits per heavy atom. The normalized spacial score (nSPS) is 4.43. The quantitative estimate of drug-likeness (QED) is 0.369. The average molecular weight is 198 g/mol. The van der Waals surface area contributed by atoms with Gasteiger partial charge in [-0.2, -0.15) is 0 Å². The zero-order valence-electron chi connectivity index (χ0n) is 11.2. The van der Waals surface area contributed by atoms with Gasteiger partial charge in [0.2, 0.25) is 0 Å². The van der Waals surface area contributed by atoms with Gasteiger partial charge in [-0.3, -0.25) is 0 Å². The summed E-state index contributed by atoms with van der Waals surface area (Å²) in [5.41, 5.74) is 1.17. The zero-order valence-corrected chi connectivity index (χ0v) is 11.2. The Balaban J connectivity index is -0.0000000255. The maximum Gasteiger partial charge on any atom is -0.0445 e. The molecule has 0 radical (unpaired) electrons. The van der Waals surface area contributed by atoms with Crippen LogP contribution in [0.2, 0.25) is 0 Å². The predicted octanol–water partition coefficient (Wildman–Crippen LogP) is 5.80. The first-order valence-corrected chi connectivity index (χ1v) is 5.00. The monoisotopic (exact) mass is 198 g/mol. The van der Waals surface area contributed by atoms with Crippen LogP contribution in [0.4, 0.5) is 0 Å². The largest absolute Gasteiger partial charge is 0.106 e. The lowest BCUT2D eigenvalue weighted by Crippen LogP contribution is -1.43. The summed E-state index contributed by atoms with van der Waals surface area (Å²) >= 11 is 0. The molecule has 0 unspecified atom stereocenters. The van der Waals surface area contributed by atoms with E-state index in [0.29, 0.717) is 0 Å². The molecule has 86 valence electrons. The molecule has 0 heterocycles. The third kappa shape index (κ3) is 680000. The molecule has 0 aromatic heterocycles. The predicted molar refractivity (Wildman–Crippen MR) is 74.8 cm³/mol. The minimum absolute atomic E-state index is 1.17. The lowest BCUT2D eigenvalue weighted by molar-refractivity contribution is 1.42. The molecule has 0 saturated heterocycles. The van der Waals surface area contributed by atoms with Gasteiger partial charge in [0.15, 0.2) is 0 Å². The number of hydrogen-bond donors (Lipinski definition) is 0. The summed E-state index contributed by atoms with van der Waals surface area (Å²) in [7, 11) is 0. The molecule has 0 N–H and O–H groups in total. The number of hydrogen-bond acceptors (Lipinski definition) is 0. The molecule has 0 aliphatic rings. The second-order valence-corrected chi connectivity index (χ2v) is 1.68. The van der Waals surface area contributed by atoms with E-state index >= 15 is 0 Å². The van der Waals surface area contributed by atoms with Gasteiger partial charge in [0.05, 0.1) is 0 Å². The number of rotatable bonds is 1. The van der Waals surface area contributed by atoms with Crippen LogP contribution in [0, 0.1) is 0 Å². The van der Waals surface area contributed by atoms with Crippen LogP contribution in [0.3, 0.4) is 0 Å². The Morgan fingerprint density at radius 3 is 0.857 bits per heavy atom. The Morgan fingerprint density at radius 2 is 0.857 bits per heavy atom. The van der Waals surface area contributed by atoms with Crippen LogP contribution in [0.15, 0.2) is 50.6 Å². The summed E-state index contributed by atoms with van der Waals surface area (Å²) in [6.07, 6.45) is 3.28. The molecule has 14 heavy (non-hydrogen) atoms. The van der Waals surface area contributed by atoms with Crippen molar-refractivity contribution >= 4 is 0 Å². The van der Waals surface area contributed by atoms with E-state index in [4.69, 9.17) is 0 Å². The van der Waals surface area contributed by atoms with E-state index in [1.54, 1.807) is 12.2 Å². The molecule has 0 heteroatoms. The molecule has 0 aliphatic heterocycles. The molecule has 0 bridgehead atoms. The van der Waals surface area contributed by atoms with Gasteiger partial charge in [0.25, 0.3) is 0 Å². The van der Waals surface area contributed by atoms with Crippen LogP contribution in [0.5, 0.6) is 0 Å². The Kier molecular flexibility index (Phi) is 191. The van der Waals surface area contributed by atoms with Crippen LogP contribution >= 0.6 is 0 Å². The lowest BCUT2D eigenvalue weighted by Gasteiger charge is -1.65. The van der Waals surface area contributed by atoms with Crippen LogP contribution < -0.4 is 0 Å². The summed E-state index contributed by atoms with van der Waals surface area (Å²) < 4.78 is 0. The average Bonchev–Trinajstić information content (AvgIpc) is 2.25. The summed E-state index contributed by atoms with van der Waals surface area (Å²) in [5, 5.41) is 0. The van der Waals surface area contributed by atoms with Gasteiger partial charge >= 0.3 is 0 Å². The minimum atomic E-state index is 1.17. The Labute approximate surface area is 92.7 Å². The van der Waals surface area contributed by atoms with Crippen LogP contribution in [0.25, 0.3) is 0 Å². The molecule has 0 aromatic rings. The minimum Gasteiger partial charge on any atom is -0.106 e. The van der Waals surface area contributed by atoms with Crippen molar-refractivity contribution in [2.24, 2.45) is 0 Å². The Bertz CT molecular complexity index is 78.2. The summed E-state index contributed by atoms with van der Waals surface area (Å²) in [6.45, 7) is 28.2. The van der Waals surface area contributed by atoms with Crippen molar-refractivity contribution in [3.63, 3.8) is 0 Å². The van der Waals surface area contributed by atoms with Gasteiger partial charge in [0, 0.05) is 0 Å². The molecule has 0 aromatic carbocycles. The van der Waals surface area contributed by atoms with Crippen molar-refractivity contribution in [1.82, 2.24) is 0 Å². The Hall–Kier alpha value is -1.04. The zero-order chi connectivity index (χ0) is 13.0. The van der Waals surface area contributed by atoms with Crippen LogP contribution in [0.1, 0.15) is 41.5 Å². The van der Waals surface area contributed by atoms with E-state index in [0.717, 1.165) is 0 Å². The van der Waals surface area contributed by atoms with Gasteiger partial charge in [-0.25, -0.2) is 0 Å². The van der Waals surface area contributed by atoms with E-state index in [2.05, 4.69) is 32.9 Å². The molecular weight excluding hydrogens is 168 g/mol. The first-order valence-electron chi connectivity index (χ1n) is 5.00. The standard InChI is InChI=1S/C4H8.C4H6.2C2H6.C2H4/c1-4(2)3;1-3-4-2;3*1-2/h1H2,2-3H3;3-4H,1-2H2;2*1-2H3;1-2H2. The van der Waals surface area contributed by atoms with Gasteiger partial charge in [-0.15, -0.1) is 19.7 Å². The van der Waals surface area contributed by atoms with Crippen molar-refractivity contribution in [3.8, 4) is 0 Å². The second kappa shape index (κ2) is 91.6. The molecular formula is C14H30. The van der Waals surface area contributed by atoms with Gasteiger partial charge in [0.1, 0.15) is 0 Å². The summed E-state index contributed by atoms with van der Waals surface area (Å²) in [5.74, 6) is 0. The maximum absolute atomic E-state index is 3.56. The van der Waals surface area contributed by atoms with Gasteiger partial charge in [-0.1, -0.05) is 58.6 Å². The molecule has 0 fully saturated rings. The summed E-state index contributed by atoms with van der Waals surface area (Å²) in [4.78, 5) is 0. The number of allylic oxidation sites excluding steroid dienone is 3. The smallest absolute Gasteiger partial charge is 0.0445 e.